The maximum absolute atomic E-state index is 12.1. The van der Waals surface area contributed by atoms with Crippen LogP contribution in [-0.4, -0.2) is 44.6 Å². The molecule has 1 fully saturated rings. The molecule has 0 aromatic carbocycles. The van der Waals surface area contributed by atoms with Gasteiger partial charge in [0, 0.05) is 18.7 Å². The Kier molecular flexibility index (Phi) is 3.05. The van der Waals surface area contributed by atoms with E-state index in [0.717, 1.165) is 12.1 Å². The Labute approximate surface area is 102 Å². The van der Waals surface area contributed by atoms with E-state index in [-0.39, 0.29) is 5.56 Å². The number of carboxylic acids is 1. The molecule has 1 aliphatic rings. The van der Waals surface area contributed by atoms with E-state index in [4.69, 9.17) is 5.11 Å². The number of rotatable bonds is 2. The fraction of sp³-hybridized carbons (Fsp3) is 0.364. The lowest BCUT2D eigenvalue weighted by atomic mass is 10.2. The van der Waals surface area contributed by atoms with Crippen LogP contribution in [0, 0.1) is 0 Å². The lowest BCUT2D eigenvalue weighted by molar-refractivity contribution is -0.141. The molecular formula is C11H12N2O5. The smallest absolute Gasteiger partial charge is 0.326 e. The standard InChI is InChI=1S/C11H12N2O5/c14-8-4-6(5-9(15)12-8)10(16)13-3-1-2-7(13)11(17)18/h4-5,7H,1-3H2,(H,17,18)(H2,12,14,15)/t7-/m0/s1. The van der Waals surface area contributed by atoms with Crippen molar-refractivity contribution in [2.75, 3.05) is 6.54 Å². The number of pyridine rings is 1. The number of nitrogens with one attached hydrogen (secondary N) is 1. The third-order valence-corrected chi connectivity index (χ3v) is 2.88. The van der Waals surface area contributed by atoms with Crippen molar-refractivity contribution in [1.29, 1.82) is 0 Å². The molecule has 7 nitrogen and oxygen atoms in total. The normalized spacial score (nSPS) is 18.9. The molecule has 0 bridgehead atoms. The summed E-state index contributed by atoms with van der Waals surface area (Å²) in [7, 11) is 0. The second-order valence-corrected chi connectivity index (χ2v) is 4.11. The first-order valence-electron chi connectivity index (χ1n) is 5.46. The van der Waals surface area contributed by atoms with Crippen molar-refractivity contribution >= 4 is 11.9 Å². The number of nitrogens with zero attached hydrogens (tertiary/aromatic N) is 1. The fourth-order valence-electron chi connectivity index (χ4n) is 2.08. The van der Waals surface area contributed by atoms with Crippen LogP contribution >= 0.6 is 0 Å². The summed E-state index contributed by atoms with van der Waals surface area (Å²) in [6, 6.07) is 1.29. The van der Waals surface area contributed by atoms with E-state index >= 15 is 0 Å². The number of likely N-dealkylation sites (tertiary alicyclic amines) is 1. The van der Waals surface area contributed by atoms with Crippen molar-refractivity contribution in [3.05, 3.63) is 28.0 Å². The zero-order valence-electron chi connectivity index (χ0n) is 9.42. The van der Waals surface area contributed by atoms with Crippen LogP contribution < -0.4 is 5.56 Å². The highest BCUT2D eigenvalue weighted by atomic mass is 16.4. The number of carbonyl (C=O) groups excluding carboxylic acids is 1. The van der Waals surface area contributed by atoms with Crippen LogP contribution in [0.3, 0.4) is 0 Å². The highest BCUT2D eigenvalue weighted by Crippen LogP contribution is 2.20. The number of aromatic amines is 1. The van der Waals surface area contributed by atoms with Crippen LogP contribution in [0.25, 0.3) is 0 Å². The summed E-state index contributed by atoms with van der Waals surface area (Å²) < 4.78 is 0. The molecule has 1 atom stereocenters. The third-order valence-electron chi connectivity index (χ3n) is 2.88. The molecule has 96 valence electrons. The van der Waals surface area contributed by atoms with Gasteiger partial charge < -0.3 is 15.1 Å². The highest BCUT2D eigenvalue weighted by molar-refractivity contribution is 5.97. The number of aromatic nitrogens is 1. The molecule has 0 unspecified atom stereocenters. The van der Waals surface area contributed by atoms with Crippen LogP contribution in [0.4, 0.5) is 0 Å². The summed E-state index contributed by atoms with van der Waals surface area (Å²) in [4.78, 5) is 37.5. The first-order chi connectivity index (χ1) is 8.49. The minimum Gasteiger partial charge on any atom is -0.494 e. The predicted molar refractivity (Wildman–Crippen MR) is 60.4 cm³/mol. The van der Waals surface area contributed by atoms with Gasteiger partial charge in [-0.2, -0.15) is 0 Å². The SMILES string of the molecule is O=C(O)[C@@H]1CCCN1C(=O)c1cc(O)[nH]c(=O)c1. The monoisotopic (exact) mass is 252 g/mol. The largest absolute Gasteiger partial charge is 0.494 e. The number of carbonyl (C=O) groups is 2. The van der Waals surface area contributed by atoms with Gasteiger partial charge in [-0.15, -0.1) is 0 Å². The number of aromatic hydroxyl groups is 1. The Morgan fingerprint density at radius 3 is 2.72 bits per heavy atom. The van der Waals surface area contributed by atoms with Gasteiger partial charge in [0.25, 0.3) is 11.5 Å². The third kappa shape index (κ3) is 2.20. The molecule has 1 amide bonds. The second-order valence-electron chi connectivity index (χ2n) is 4.11. The van der Waals surface area contributed by atoms with E-state index in [1.54, 1.807) is 0 Å². The average Bonchev–Trinajstić information content (AvgIpc) is 2.75. The van der Waals surface area contributed by atoms with Gasteiger partial charge in [-0.05, 0) is 12.8 Å². The quantitative estimate of drug-likeness (QED) is 0.673. The molecule has 1 aromatic rings. The Morgan fingerprint density at radius 1 is 1.39 bits per heavy atom. The first-order valence-corrected chi connectivity index (χ1v) is 5.46. The van der Waals surface area contributed by atoms with Crippen LogP contribution in [0.15, 0.2) is 16.9 Å². The zero-order chi connectivity index (χ0) is 13.3. The molecule has 7 heteroatoms. The number of hydrogen-bond donors (Lipinski definition) is 3. The van der Waals surface area contributed by atoms with Crippen molar-refractivity contribution in [2.45, 2.75) is 18.9 Å². The summed E-state index contributed by atoms with van der Waals surface area (Å²) in [6.45, 7) is 0.337. The first kappa shape index (κ1) is 12.2. The summed E-state index contributed by atoms with van der Waals surface area (Å²) >= 11 is 0. The number of carboxylic acid groups (broad SMARTS) is 1. The van der Waals surface area contributed by atoms with Gasteiger partial charge in [0.1, 0.15) is 6.04 Å². The number of hydrogen-bond acceptors (Lipinski definition) is 4. The number of aliphatic carboxylic acids is 1. The van der Waals surface area contributed by atoms with E-state index in [1.807, 2.05) is 0 Å². The summed E-state index contributed by atoms with van der Waals surface area (Å²) in [5.41, 5.74) is -0.617. The number of H-pyrrole nitrogens is 1. The van der Waals surface area contributed by atoms with E-state index in [9.17, 15) is 19.5 Å². The predicted octanol–water partition coefficient (Wildman–Crippen LogP) is -0.230. The van der Waals surface area contributed by atoms with E-state index in [1.165, 1.54) is 4.90 Å². The molecule has 0 radical (unpaired) electrons. The van der Waals surface area contributed by atoms with E-state index in [2.05, 4.69) is 4.98 Å². The van der Waals surface area contributed by atoms with Gasteiger partial charge in [-0.1, -0.05) is 0 Å². The maximum Gasteiger partial charge on any atom is 0.326 e. The minimum absolute atomic E-state index is 0.00981. The summed E-state index contributed by atoms with van der Waals surface area (Å²) in [6.07, 6.45) is 1.01. The molecule has 1 aromatic heterocycles. The fourth-order valence-corrected chi connectivity index (χ4v) is 2.08. The molecule has 1 saturated heterocycles. The molecule has 0 spiro atoms. The van der Waals surface area contributed by atoms with Gasteiger partial charge in [0.15, 0.2) is 5.88 Å². The summed E-state index contributed by atoms with van der Waals surface area (Å²) in [5, 5.41) is 18.2. The Morgan fingerprint density at radius 2 is 2.11 bits per heavy atom. The highest BCUT2D eigenvalue weighted by Gasteiger charge is 2.34. The van der Waals surface area contributed by atoms with Crippen molar-refractivity contribution < 1.29 is 19.8 Å². The molecule has 0 saturated carbocycles. The van der Waals surface area contributed by atoms with Crippen LogP contribution in [0.5, 0.6) is 5.88 Å². The lowest BCUT2D eigenvalue weighted by Gasteiger charge is -2.21. The van der Waals surface area contributed by atoms with Gasteiger partial charge in [0.2, 0.25) is 0 Å². The average molecular weight is 252 g/mol. The van der Waals surface area contributed by atoms with Gasteiger partial charge in [0.05, 0.1) is 5.56 Å². The van der Waals surface area contributed by atoms with Crippen molar-refractivity contribution in [3.63, 3.8) is 0 Å². The zero-order valence-corrected chi connectivity index (χ0v) is 9.42. The Bertz CT molecular complexity index is 551. The maximum atomic E-state index is 12.1. The molecule has 18 heavy (non-hydrogen) atoms. The van der Waals surface area contributed by atoms with E-state index in [0.29, 0.717) is 19.4 Å². The van der Waals surface area contributed by atoms with Gasteiger partial charge in [-0.3, -0.25) is 14.6 Å². The van der Waals surface area contributed by atoms with Gasteiger partial charge in [-0.25, -0.2) is 4.79 Å². The topological polar surface area (TPSA) is 111 Å². The van der Waals surface area contributed by atoms with Crippen LogP contribution in [-0.2, 0) is 4.79 Å². The van der Waals surface area contributed by atoms with Crippen molar-refractivity contribution in [2.24, 2.45) is 0 Å². The summed E-state index contributed by atoms with van der Waals surface area (Å²) in [5.74, 6) is -2.03. The van der Waals surface area contributed by atoms with Crippen LogP contribution in [0.2, 0.25) is 0 Å². The van der Waals surface area contributed by atoms with Crippen LogP contribution in [0.1, 0.15) is 23.2 Å². The molecule has 1 aliphatic heterocycles. The lowest BCUT2D eigenvalue weighted by Crippen LogP contribution is -2.40. The molecule has 3 N–H and O–H groups in total. The molecule has 2 heterocycles. The molecule has 0 aliphatic carbocycles. The van der Waals surface area contributed by atoms with Crippen molar-refractivity contribution in [3.8, 4) is 5.88 Å². The molecular weight excluding hydrogens is 240 g/mol. The van der Waals surface area contributed by atoms with Crippen molar-refractivity contribution in [1.82, 2.24) is 9.88 Å². The molecule has 2 rings (SSSR count). The van der Waals surface area contributed by atoms with Gasteiger partial charge >= 0.3 is 5.97 Å². The Balaban J connectivity index is 2.30. The Hall–Kier alpha value is -2.31. The number of amides is 1. The minimum atomic E-state index is -1.06. The second kappa shape index (κ2) is 4.52. The van der Waals surface area contributed by atoms with E-state index < -0.39 is 29.4 Å².